The van der Waals surface area contributed by atoms with Gasteiger partial charge in [-0.2, -0.15) is 0 Å². The van der Waals surface area contributed by atoms with Gasteiger partial charge < -0.3 is 26.2 Å². The Bertz CT molecular complexity index is 174. The molecule has 0 spiro atoms. The van der Waals surface area contributed by atoms with Crippen molar-refractivity contribution in [3.05, 3.63) is 0 Å². The number of hydrogen-bond donors (Lipinski definition) is 5. The molecule has 0 aromatic rings. The molecule has 0 aliphatic heterocycles. The molecule has 0 saturated heterocycles. The first kappa shape index (κ1) is 15.5. The molecule has 0 unspecified atom stereocenters. The number of unbranched alkanes of at least 4 members (excludes halogenated alkanes) is 1. The third kappa shape index (κ3) is 17.2. The molecule has 7 nitrogen and oxygen atoms in total. The lowest BCUT2D eigenvalue weighted by Gasteiger charge is -2.03. The van der Waals surface area contributed by atoms with Crippen molar-refractivity contribution >= 4 is 15.1 Å². The fourth-order valence-corrected chi connectivity index (χ4v) is 0.632. The Hall–Kier alpha value is -0.993. The maximum Gasteiger partial charge on any atom is 0.761 e. The highest BCUT2D eigenvalue weighted by atomic mass is 28.3. The Balaban J connectivity index is 0. The lowest BCUT2D eigenvalue weighted by Crippen LogP contribution is -2.29. The first-order chi connectivity index (χ1) is 6.41. The minimum absolute atomic E-state index is 0.520. The summed E-state index contributed by atoms with van der Waals surface area (Å²) in [4.78, 5) is 24.5. The summed E-state index contributed by atoms with van der Waals surface area (Å²) >= 11 is 0. The molecule has 0 bridgehead atoms. The molecule has 0 aromatic heterocycles. The Morgan fingerprint density at radius 2 is 1.79 bits per heavy atom. The van der Waals surface area contributed by atoms with Crippen LogP contribution in [0.1, 0.15) is 19.3 Å². The second-order valence-electron chi connectivity index (χ2n) is 2.51. The molecule has 0 saturated carbocycles. The van der Waals surface area contributed by atoms with E-state index in [2.05, 4.69) is 0 Å². The zero-order valence-electron chi connectivity index (χ0n) is 7.72. The molecular formula is C6H16N2O5Si. The van der Waals surface area contributed by atoms with E-state index >= 15 is 0 Å². The van der Waals surface area contributed by atoms with Gasteiger partial charge in [0.25, 0.3) is 0 Å². The predicted octanol–water partition coefficient (Wildman–Crippen LogP) is -2.09. The van der Waals surface area contributed by atoms with Crippen molar-refractivity contribution in [2.45, 2.75) is 25.3 Å². The van der Waals surface area contributed by atoms with Crippen LogP contribution in [-0.4, -0.2) is 42.4 Å². The monoisotopic (exact) mass is 224 g/mol. The molecule has 0 heterocycles. The third-order valence-electron chi connectivity index (χ3n) is 1.29. The van der Waals surface area contributed by atoms with Gasteiger partial charge in [0.15, 0.2) is 0 Å². The van der Waals surface area contributed by atoms with Crippen LogP contribution in [0.15, 0.2) is 0 Å². The average Bonchev–Trinajstić information content (AvgIpc) is 2.03. The molecule has 84 valence electrons. The standard InChI is InChI=1S/C6H14N2O2.H2O3Si/c7-4-2-1-3-5(8)6(9)10;1-4(2)3/h5H,1-4,7-8H2,(H,9,10);1-2H/t5-;/m0./s1. The van der Waals surface area contributed by atoms with Gasteiger partial charge in [0.1, 0.15) is 6.04 Å². The molecule has 7 N–H and O–H groups in total. The van der Waals surface area contributed by atoms with Gasteiger partial charge in [-0.25, -0.2) is 0 Å². The molecule has 1 atom stereocenters. The number of hydrogen-bond acceptors (Lipinski definition) is 4. The van der Waals surface area contributed by atoms with E-state index in [1.165, 1.54) is 0 Å². The molecule has 0 aliphatic rings. The van der Waals surface area contributed by atoms with E-state index in [1.807, 2.05) is 0 Å². The summed E-state index contributed by atoms with van der Waals surface area (Å²) in [6.07, 6.45) is 2.16. The summed E-state index contributed by atoms with van der Waals surface area (Å²) in [6, 6.07) is -0.716. The van der Waals surface area contributed by atoms with Crippen LogP contribution in [0.5, 0.6) is 0 Å². The largest absolute Gasteiger partial charge is 0.761 e. The maximum atomic E-state index is 10.1. The number of aliphatic carboxylic acids is 1. The number of carboxylic acid groups (broad SMARTS) is 1. The van der Waals surface area contributed by atoms with Crippen molar-refractivity contribution in [2.24, 2.45) is 11.5 Å². The molecule has 0 aromatic carbocycles. The number of nitrogens with two attached hydrogens (primary N) is 2. The fourth-order valence-electron chi connectivity index (χ4n) is 0.632. The van der Waals surface area contributed by atoms with Gasteiger partial charge >= 0.3 is 15.1 Å². The first-order valence-electron chi connectivity index (χ1n) is 4.02. The highest BCUT2D eigenvalue weighted by Crippen LogP contribution is 1.96. The van der Waals surface area contributed by atoms with E-state index in [4.69, 9.17) is 30.6 Å². The van der Waals surface area contributed by atoms with Crippen LogP contribution in [0.4, 0.5) is 0 Å². The highest BCUT2D eigenvalue weighted by Gasteiger charge is 2.09. The van der Waals surface area contributed by atoms with Crippen molar-refractivity contribution < 1.29 is 24.0 Å². The van der Waals surface area contributed by atoms with Gasteiger partial charge in [-0.15, -0.1) is 0 Å². The van der Waals surface area contributed by atoms with Gasteiger partial charge in [-0.3, -0.25) is 9.26 Å². The van der Waals surface area contributed by atoms with Gasteiger partial charge in [-0.1, -0.05) is 6.42 Å². The van der Waals surface area contributed by atoms with Crippen molar-refractivity contribution in [3.63, 3.8) is 0 Å². The lowest BCUT2D eigenvalue weighted by atomic mass is 10.1. The molecule has 8 heteroatoms. The normalized spacial score (nSPS) is 11.0. The summed E-state index contributed by atoms with van der Waals surface area (Å²) in [7, 11) is -3.13. The van der Waals surface area contributed by atoms with Crippen LogP contribution in [0.3, 0.4) is 0 Å². The smallest absolute Gasteiger partial charge is 0.511 e. The van der Waals surface area contributed by atoms with E-state index in [0.29, 0.717) is 13.0 Å². The second-order valence-corrected chi connectivity index (χ2v) is 3.08. The summed E-state index contributed by atoms with van der Waals surface area (Å²) in [5.41, 5.74) is 10.4. The molecule has 0 fully saturated rings. The van der Waals surface area contributed by atoms with Gasteiger partial charge in [0.2, 0.25) is 0 Å². The topological polar surface area (TPSA) is 147 Å². The molecule has 0 radical (unpaired) electrons. The number of carboxylic acids is 1. The van der Waals surface area contributed by atoms with Crippen LogP contribution < -0.4 is 11.5 Å². The van der Waals surface area contributed by atoms with E-state index in [0.717, 1.165) is 12.8 Å². The van der Waals surface area contributed by atoms with Crippen molar-refractivity contribution in [3.8, 4) is 0 Å². The molecule has 14 heavy (non-hydrogen) atoms. The molecule has 0 amide bonds. The Kier molecular flexibility index (Phi) is 11.2. The summed E-state index contributed by atoms with van der Waals surface area (Å²) in [5, 5.41) is 8.33. The van der Waals surface area contributed by atoms with Crippen LogP contribution in [-0.2, 0) is 9.26 Å². The third-order valence-corrected chi connectivity index (χ3v) is 1.29. The number of carbonyl (C=O) groups is 1. The van der Waals surface area contributed by atoms with Gasteiger partial charge in [0, 0.05) is 0 Å². The summed E-state index contributed by atoms with van der Waals surface area (Å²) in [5.74, 6) is -0.933. The van der Waals surface area contributed by atoms with Crippen molar-refractivity contribution in [1.29, 1.82) is 0 Å². The average molecular weight is 224 g/mol. The maximum absolute atomic E-state index is 10.1. The van der Waals surface area contributed by atoms with E-state index < -0.39 is 21.2 Å². The van der Waals surface area contributed by atoms with Gasteiger partial charge in [-0.05, 0) is 19.4 Å². The summed E-state index contributed by atoms with van der Waals surface area (Å²) < 4.78 is 8.74. The molecular weight excluding hydrogens is 208 g/mol. The quantitative estimate of drug-likeness (QED) is 0.266. The minimum Gasteiger partial charge on any atom is -0.511 e. The van der Waals surface area contributed by atoms with E-state index in [9.17, 15) is 4.79 Å². The Labute approximate surface area is 83.2 Å². The summed E-state index contributed by atoms with van der Waals surface area (Å²) in [6.45, 7) is 0.604. The van der Waals surface area contributed by atoms with E-state index in [1.54, 1.807) is 0 Å². The first-order valence-corrected chi connectivity index (χ1v) is 5.32. The zero-order chi connectivity index (χ0) is 11.6. The Morgan fingerprint density at radius 3 is 2.07 bits per heavy atom. The lowest BCUT2D eigenvalue weighted by molar-refractivity contribution is -0.138. The minimum atomic E-state index is -3.13. The highest BCUT2D eigenvalue weighted by molar-refractivity contribution is 6.22. The predicted molar refractivity (Wildman–Crippen MR) is 49.4 cm³/mol. The van der Waals surface area contributed by atoms with E-state index in [-0.39, 0.29) is 0 Å². The fraction of sp³-hybridized carbons (Fsp3) is 0.833. The number of rotatable bonds is 5. The van der Waals surface area contributed by atoms with Crippen molar-refractivity contribution in [1.82, 2.24) is 0 Å². The molecule has 0 aliphatic carbocycles. The van der Waals surface area contributed by atoms with Crippen LogP contribution in [0.2, 0.25) is 0 Å². The van der Waals surface area contributed by atoms with Crippen molar-refractivity contribution in [2.75, 3.05) is 6.54 Å². The Morgan fingerprint density at radius 1 is 1.36 bits per heavy atom. The van der Waals surface area contributed by atoms with Crippen LogP contribution in [0.25, 0.3) is 0 Å². The van der Waals surface area contributed by atoms with Gasteiger partial charge in [0.05, 0.1) is 0 Å². The second kappa shape index (κ2) is 10.1. The zero-order valence-corrected chi connectivity index (χ0v) is 8.72. The van der Waals surface area contributed by atoms with Crippen LogP contribution >= 0.6 is 0 Å². The van der Waals surface area contributed by atoms with Crippen LogP contribution in [0, 0.1) is 0 Å². The molecule has 0 rings (SSSR count). The SMILES string of the molecule is NCCCC[C@H](N)C(=O)O.O=[Si](O)O.